The van der Waals surface area contributed by atoms with Crippen molar-refractivity contribution in [3.8, 4) is 46.0 Å². The SMILES string of the molecule is COc1cc2c(cc1OCC(C)(C)CC(C)(C)Oc1ccc(C)c(Oc3cc(OC)c(OC)c(OC)c3)c1)N=CC1CCCN1C2=O. The lowest BCUT2D eigenvalue weighted by Crippen LogP contribution is -2.37. The Bertz CT molecular complexity index is 1620. The van der Waals surface area contributed by atoms with Crippen LogP contribution in [0.25, 0.3) is 0 Å². The molecule has 5 rings (SSSR count). The van der Waals surface area contributed by atoms with E-state index in [0.29, 0.717) is 70.3 Å². The molecule has 0 aliphatic carbocycles. The minimum atomic E-state index is -0.549. The molecular formula is C37H46N2O8. The van der Waals surface area contributed by atoms with Crippen LogP contribution < -0.4 is 33.2 Å². The van der Waals surface area contributed by atoms with Gasteiger partial charge in [0, 0.05) is 42.4 Å². The summed E-state index contributed by atoms with van der Waals surface area (Å²) in [5, 5.41) is 0. The summed E-state index contributed by atoms with van der Waals surface area (Å²) in [5.74, 6) is 4.41. The van der Waals surface area contributed by atoms with Crippen LogP contribution in [0.3, 0.4) is 0 Å². The first-order valence-electron chi connectivity index (χ1n) is 15.8. The molecule has 2 aliphatic heterocycles. The van der Waals surface area contributed by atoms with E-state index in [1.54, 1.807) is 46.6 Å². The molecule has 2 heterocycles. The Morgan fingerprint density at radius 1 is 0.830 bits per heavy atom. The van der Waals surface area contributed by atoms with Crippen LogP contribution in [0.4, 0.5) is 5.69 Å². The highest BCUT2D eigenvalue weighted by atomic mass is 16.5. The normalized spacial score (nSPS) is 15.8. The Hall–Kier alpha value is -4.60. The zero-order valence-electron chi connectivity index (χ0n) is 28.9. The monoisotopic (exact) mass is 646 g/mol. The predicted octanol–water partition coefficient (Wildman–Crippen LogP) is 7.79. The van der Waals surface area contributed by atoms with Gasteiger partial charge in [0.1, 0.15) is 22.8 Å². The van der Waals surface area contributed by atoms with E-state index < -0.39 is 5.60 Å². The van der Waals surface area contributed by atoms with E-state index in [2.05, 4.69) is 32.7 Å². The van der Waals surface area contributed by atoms with Crippen molar-refractivity contribution >= 4 is 17.8 Å². The van der Waals surface area contributed by atoms with Crippen LogP contribution in [0.1, 0.15) is 62.9 Å². The van der Waals surface area contributed by atoms with Crippen molar-refractivity contribution in [1.29, 1.82) is 0 Å². The van der Waals surface area contributed by atoms with Crippen molar-refractivity contribution in [2.75, 3.05) is 41.6 Å². The molecule has 1 unspecified atom stereocenters. The Morgan fingerprint density at radius 3 is 2.17 bits per heavy atom. The van der Waals surface area contributed by atoms with Gasteiger partial charge in [0.25, 0.3) is 5.91 Å². The van der Waals surface area contributed by atoms with Crippen LogP contribution >= 0.6 is 0 Å². The molecule has 0 saturated carbocycles. The van der Waals surface area contributed by atoms with E-state index in [1.807, 2.05) is 42.3 Å². The van der Waals surface area contributed by atoms with Gasteiger partial charge in [0.05, 0.1) is 52.3 Å². The van der Waals surface area contributed by atoms with Gasteiger partial charge in [-0.25, -0.2) is 0 Å². The zero-order chi connectivity index (χ0) is 33.9. The van der Waals surface area contributed by atoms with Crippen molar-refractivity contribution in [2.24, 2.45) is 10.4 Å². The second-order valence-corrected chi connectivity index (χ2v) is 13.4. The average Bonchev–Trinajstić information content (AvgIpc) is 3.46. The fraction of sp³-hybridized carbons (Fsp3) is 0.459. The molecule has 3 aromatic carbocycles. The topological polar surface area (TPSA) is 97.3 Å². The fourth-order valence-corrected chi connectivity index (χ4v) is 6.45. The van der Waals surface area contributed by atoms with E-state index >= 15 is 0 Å². The molecule has 10 nitrogen and oxygen atoms in total. The molecule has 0 radical (unpaired) electrons. The summed E-state index contributed by atoms with van der Waals surface area (Å²) < 4.78 is 41.2. The Morgan fingerprint density at radius 2 is 1.51 bits per heavy atom. The molecule has 10 heteroatoms. The maximum atomic E-state index is 13.2. The smallest absolute Gasteiger partial charge is 0.256 e. The van der Waals surface area contributed by atoms with Gasteiger partial charge in [0.15, 0.2) is 23.0 Å². The molecule has 0 aromatic heterocycles. The lowest BCUT2D eigenvalue weighted by molar-refractivity contribution is 0.0357. The van der Waals surface area contributed by atoms with Crippen molar-refractivity contribution in [2.45, 2.75) is 65.5 Å². The van der Waals surface area contributed by atoms with Gasteiger partial charge >= 0.3 is 0 Å². The number of carbonyl (C=O) groups is 1. The van der Waals surface area contributed by atoms with Crippen molar-refractivity contribution in [3.05, 3.63) is 53.6 Å². The summed E-state index contributed by atoms with van der Waals surface area (Å²) >= 11 is 0. The molecule has 3 aromatic rings. The second kappa shape index (κ2) is 13.6. The highest BCUT2D eigenvalue weighted by Crippen LogP contribution is 2.43. The van der Waals surface area contributed by atoms with Crippen LogP contribution in [0.15, 0.2) is 47.5 Å². The molecule has 2 aliphatic rings. The minimum absolute atomic E-state index is 0.0165. The van der Waals surface area contributed by atoms with Crippen LogP contribution in [0, 0.1) is 12.3 Å². The summed E-state index contributed by atoms with van der Waals surface area (Å²) in [6.45, 7) is 11.5. The molecule has 0 N–H and O–H groups in total. The van der Waals surface area contributed by atoms with Crippen LogP contribution in [-0.2, 0) is 0 Å². The summed E-state index contributed by atoms with van der Waals surface area (Å²) in [6, 6.07) is 12.9. The van der Waals surface area contributed by atoms with Crippen LogP contribution in [-0.4, -0.2) is 70.3 Å². The zero-order valence-corrected chi connectivity index (χ0v) is 28.9. The predicted molar refractivity (Wildman–Crippen MR) is 181 cm³/mol. The largest absolute Gasteiger partial charge is 0.493 e. The number of fused-ring (bicyclic) bond motifs is 2. The van der Waals surface area contributed by atoms with Crippen molar-refractivity contribution < 1.29 is 38.0 Å². The third-order valence-corrected chi connectivity index (χ3v) is 8.40. The number of aliphatic imine (C=N–C) groups is 1. The number of hydrogen-bond acceptors (Lipinski definition) is 9. The highest BCUT2D eigenvalue weighted by Gasteiger charge is 2.34. The van der Waals surface area contributed by atoms with Crippen LogP contribution in [0.5, 0.6) is 46.0 Å². The summed E-state index contributed by atoms with van der Waals surface area (Å²) in [6.07, 6.45) is 4.47. The highest BCUT2D eigenvalue weighted by molar-refractivity contribution is 6.03. The van der Waals surface area contributed by atoms with E-state index in [0.717, 1.165) is 24.9 Å². The molecule has 47 heavy (non-hydrogen) atoms. The molecule has 0 spiro atoms. The molecule has 1 amide bonds. The van der Waals surface area contributed by atoms with Crippen molar-refractivity contribution in [1.82, 2.24) is 4.90 Å². The third kappa shape index (κ3) is 7.53. The first-order valence-corrected chi connectivity index (χ1v) is 15.8. The van der Waals surface area contributed by atoms with E-state index in [4.69, 9.17) is 33.2 Å². The van der Waals surface area contributed by atoms with E-state index in [9.17, 15) is 4.79 Å². The molecule has 1 fully saturated rings. The average molecular weight is 647 g/mol. The van der Waals surface area contributed by atoms with E-state index in [-0.39, 0.29) is 17.4 Å². The van der Waals surface area contributed by atoms with Crippen molar-refractivity contribution in [3.63, 3.8) is 0 Å². The molecule has 1 saturated heterocycles. The van der Waals surface area contributed by atoms with Gasteiger partial charge in [-0.15, -0.1) is 0 Å². The summed E-state index contributed by atoms with van der Waals surface area (Å²) in [7, 11) is 6.28. The lowest BCUT2D eigenvalue weighted by Gasteiger charge is -2.35. The lowest BCUT2D eigenvalue weighted by atomic mass is 9.82. The van der Waals surface area contributed by atoms with Gasteiger partial charge < -0.3 is 38.1 Å². The van der Waals surface area contributed by atoms with Gasteiger partial charge in [-0.3, -0.25) is 9.79 Å². The van der Waals surface area contributed by atoms with E-state index in [1.165, 1.54) is 0 Å². The minimum Gasteiger partial charge on any atom is -0.493 e. The molecule has 252 valence electrons. The number of aryl methyl sites for hydroxylation is 1. The van der Waals surface area contributed by atoms with Gasteiger partial charge in [-0.1, -0.05) is 19.9 Å². The first kappa shape index (κ1) is 33.8. The maximum Gasteiger partial charge on any atom is 0.256 e. The maximum absolute atomic E-state index is 13.2. The first-order chi connectivity index (χ1) is 22.4. The second-order valence-electron chi connectivity index (χ2n) is 13.4. The number of ether oxygens (including phenoxy) is 7. The Labute approximate surface area is 277 Å². The number of rotatable bonds is 13. The fourth-order valence-electron chi connectivity index (χ4n) is 6.45. The molecule has 1 atom stereocenters. The third-order valence-electron chi connectivity index (χ3n) is 8.40. The molecular weight excluding hydrogens is 600 g/mol. The Kier molecular flexibility index (Phi) is 9.79. The van der Waals surface area contributed by atoms with Gasteiger partial charge in [-0.05, 0) is 57.7 Å². The van der Waals surface area contributed by atoms with Gasteiger partial charge in [0.2, 0.25) is 5.75 Å². The number of amides is 1. The molecule has 0 bridgehead atoms. The standard InChI is InChI=1S/C37H46N2O8/c1-23-12-13-25(15-29(23)46-26-16-32(42-7)34(44-9)33(17-26)43-8)47-37(4,5)21-36(2,3)22-45-31-19-28-27(18-30(31)41-6)35(40)39-14-10-11-24(39)20-38-28/h12-13,15-20,24H,10-11,14,21-22H2,1-9H3. The number of hydrogen-bond donors (Lipinski definition) is 0. The number of benzene rings is 3. The quantitative estimate of drug-likeness (QED) is 0.186. The Balaban J connectivity index is 1.27. The number of nitrogens with zero attached hydrogens (tertiary/aromatic N) is 2. The van der Waals surface area contributed by atoms with Crippen LogP contribution in [0.2, 0.25) is 0 Å². The number of carbonyl (C=O) groups excluding carboxylic acids is 1. The summed E-state index contributed by atoms with van der Waals surface area (Å²) in [4.78, 5) is 19.8. The number of methoxy groups -OCH3 is 4. The summed E-state index contributed by atoms with van der Waals surface area (Å²) in [5.41, 5.74) is 1.25. The van der Waals surface area contributed by atoms with Gasteiger partial charge in [-0.2, -0.15) is 0 Å².